The molecule has 1 amide bonds. The summed E-state index contributed by atoms with van der Waals surface area (Å²) in [6.07, 6.45) is 3.03. The van der Waals surface area contributed by atoms with Gasteiger partial charge in [0.25, 0.3) is 5.91 Å². The summed E-state index contributed by atoms with van der Waals surface area (Å²) in [5.41, 5.74) is 0.376. The van der Waals surface area contributed by atoms with Crippen LogP contribution in [0.15, 0.2) is 23.1 Å². The highest BCUT2D eigenvalue weighted by molar-refractivity contribution is 7.90. The highest BCUT2D eigenvalue weighted by Gasteiger charge is 2.26. The van der Waals surface area contributed by atoms with Crippen LogP contribution in [0, 0.1) is 5.92 Å². The van der Waals surface area contributed by atoms with Gasteiger partial charge < -0.3 is 9.64 Å². The second-order valence-corrected chi connectivity index (χ2v) is 9.46. The Labute approximate surface area is 160 Å². The minimum Gasteiger partial charge on any atom is -0.379 e. The topological polar surface area (TPSA) is 66.9 Å². The van der Waals surface area contributed by atoms with Gasteiger partial charge in [-0.25, -0.2) is 8.42 Å². The maximum Gasteiger partial charge on any atom is 0.253 e. The number of amides is 1. The number of ether oxygens (including phenoxy) is 1. The molecule has 2 fully saturated rings. The molecule has 2 aliphatic rings. The monoisotopic (exact) mass is 400 g/mol. The molecule has 26 heavy (non-hydrogen) atoms. The van der Waals surface area contributed by atoms with E-state index in [1.807, 2.05) is 4.90 Å². The molecule has 3 rings (SSSR count). The van der Waals surface area contributed by atoms with Crippen LogP contribution in [0.2, 0.25) is 5.02 Å². The highest BCUT2D eigenvalue weighted by atomic mass is 35.5. The van der Waals surface area contributed by atoms with Gasteiger partial charge in [0, 0.05) is 44.5 Å². The molecular weight excluding hydrogens is 376 g/mol. The molecule has 1 aromatic rings. The highest BCUT2D eigenvalue weighted by Crippen LogP contribution is 2.25. The minimum absolute atomic E-state index is 0.00669. The summed E-state index contributed by atoms with van der Waals surface area (Å²) in [5, 5.41) is 0.147. The second kappa shape index (κ2) is 8.25. The molecule has 0 aliphatic carbocycles. The predicted molar refractivity (Wildman–Crippen MR) is 100 cm³/mol. The maximum absolute atomic E-state index is 12.7. The molecule has 2 saturated heterocycles. The largest absolute Gasteiger partial charge is 0.379 e. The van der Waals surface area contributed by atoms with Gasteiger partial charge in [0.2, 0.25) is 0 Å². The normalized spacial score (nSPS) is 20.3. The van der Waals surface area contributed by atoms with Gasteiger partial charge in [0.15, 0.2) is 9.84 Å². The zero-order chi connectivity index (χ0) is 18.7. The van der Waals surface area contributed by atoms with Crippen LogP contribution in [0.5, 0.6) is 0 Å². The molecule has 6 nitrogen and oxygen atoms in total. The van der Waals surface area contributed by atoms with Gasteiger partial charge in [0.1, 0.15) is 0 Å². The van der Waals surface area contributed by atoms with Gasteiger partial charge >= 0.3 is 0 Å². The summed E-state index contributed by atoms with van der Waals surface area (Å²) >= 11 is 5.97. The van der Waals surface area contributed by atoms with E-state index in [2.05, 4.69) is 4.90 Å². The summed E-state index contributed by atoms with van der Waals surface area (Å²) in [7, 11) is -3.46. The second-order valence-electron chi connectivity index (χ2n) is 7.07. The van der Waals surface area contributed by atoms with E-state index in [0.717, 1.165) is 51.9 Å². The lowest BCUT2D eigenvalue weighted by atomic mass is 9.95. The fourth-order valence-electron chi connectivity index (χ4n) is 3.57. The molecule has 0 atom stereocenters. The van der Waals surface area contributed by atoms with E-state index in [4.69, 9.17) is 16.3 Å². The van der Waals surface area contributed by atoms with Crippen LogP contribution in [0.1, 0.15) is 23.2 Å². The van der Waals surface area contributed by atoms with E-state index in [9.17, 15) is 13.2 Å². The smallest absolute Gasteiger partial charge is 0.253 e. The first-order valence-electron chi connectivity index (χ1n) is 8.93. The third-order valence-corrected chi connectivity index (χ3v) is 6.68. The maximum atomic E-state index is 12.7. The Kier molecular flexibility index (Phi) is 6.22. The fourth-order valence-corrected chi connectivity index (χ4v) is 4.87. The van der Waals surface area contributed by atoms with Crippen molar-refractivity contribution in [2.75, 3.05) is 52.2 Å². The SMILES string of the molecule is CS(=O)(=O)c1cc(C(=O)N2CCC(CN3CCOCC3)CC2)ccc1Cl. The summed E-state index contributed by atoms with van der Waals surface area (Å²) in [4.78, 5) is 17.0. The molecule has 0 bridgehead atoms. The van der Waals surface area contributed by atoms with Gasteiger partial charge in [-0.3, -0.25) is 9.69 Å². The average Bonchev–Trinajstić information content (AvgIpc) is 2.62. The summed E-state index contributed by atoms with van der Waals surface area (Å²) in [6.45, 7) is 6.03. The molecule has 144 valence electrons. The van der Waals surface area contributed by atoms with E-state index >= 15 is 0 Å². The van der Waals surface area contributed by atoms with Crippen LogP contribution in [0.3, 0.4) is 0 Å². The fraction of sp³-hybridized carbons (Fsp3) is 0.611. The van der Waals surface area contributed by atoms with Gasteiger partial charge in [-0.1, -0.05) is 11.6 Å². The van der Waals surface area contributed by atoms with Crippen LogP contribution in [-0.4, -0.2) is 76.3 Å². The molecule has 2 aliphatic heterocycles. The van der Waals surface area contributed by atoms with Crippen molar-refractivity contribution < 1.29 is 17.9 Å². The molecule has 0 N–H and O–H groups in total. The van der Waals surface area contributed by atoms with Gasteiger partial charge in [-0.05, 0) is 37.0 Å². The first-order chi connectivity index (χ1) is 12.3. The lowest BCUT2D eigenvalue weighted by Crippen LogP contribution is -2.44. The molecule has 0 saturated carbocycles. The van der Waals surface area contributed by atoms with Crippen molar-refractivity contribution >= 4 is 27.3 Å². The molecule has 2 heterocycles. The molecular formula is C18H25ClN2O4S. The Balaban J connectivity index is 1.60. The quantitative estimate of drug-likeness (QED) is 0.772. The van der Waals surface area contributed by atoms with Crippen LogP contribution in [-0.2, 0) is 14.6 Å². The Hall–Kier alpha value is -1.15. The zero-order valence-corrected chi connectivity index (χ0v) is 16.6. The van der Waals surface area contributed by atoms with Crippen molar-refractivity contribution in [3.8, 4) is 0 Å². The van der Waals surface area contributed by atoms with Crippen LogP contribution < -0.4 is 0 Å². The van der Waals surface area contributed by atoms with E-state index in [-0.39, 0.29) is 15.8 Å². The standard InChI is InChI=1S/C18H25ClN2O4S/c1-26(23,24)17-12-15(2-3-16(17)19)18(22)21-6-4-14(5-7-21)13-20-8-10-25-11-9-20/h2-3,12,14H,4-11,13H2,1H3. The minimum atomic E-state index is -3.46. The molecule has 8 heteroatoms. The third-order valence-electron chi connectivity index (χ3n) is 5.10. The van der Waals surface area contributed by atoms with Crippen molar-refractivity contribution in [3.63, 3.8) is 0 Å². The van der Waals surface area contributed by atoms with Gasteiger partial charge in [0.05, 0.1) is 23.1 Å². The number of sulfone groups is 1. The molecule has 0 spiro atoms. The Morgan fingerprint density at radius 1 is 1.19 bits per heavy atom. The number of hydrogen-bond acceptors (Lipinski definition) is 5. The number of likely N-dealkylation sites (tertiary alicyclic amines) is 1. The Morgan fingerprint density at radius 3 is 2.46 bits per heavy atom. The zero-order valence-electron chi connectivity index (χ0n) is 15.0. The number of morpholine rings is 1. The van der Waals surface area contributed by atoms with E-state index in [0.29, 0.717) is 24.6 Å². The van der Waals surface area contributed by atoms with Crippen molar-refractivity contribution in [1.29, 1.82) is 0 Å². The van der Waals surface area contributed by atoms with E-state index in [1.54, 1.807) is 6.07 Å². The van der Waals surface area contributed by atoms with Gasteiger partial charge in [-0.2, -0.15) is 0 Å². The lowest BCUT2D eigenvalue weighted by Gasteiger charge is -2.36. The number of carbonyl (C=O) groups is 1. The van der Waals surface area contributed by atoms with Gasteiger partial charge in [-0.15, -0.1) is 0 Å². The predicted octanol–water partition coefficient (Wildman–Crippen LogP) is 1.93. The summed E-state index contributed by atoms with van der Waals surface area (Å²) in [5.74, 6) is 0.463. The van der Waals surface area contributed by atoms with Crippen LogP contribution in [0.25, 0.3) is 0 Å². The van der Waals surface area contributed by atoms with E-state index < -0.39 is 9.84 Å². The van der Waals surface area contributed by atoms with Crippen molar-refractivity contribution in [2.45, 2.75) is 17.7 Å². The number of piperidine rings is 1. The van der Waals surface area contributed by atoms with Crippen molar-refractivity contribution in [2.24, 2.45) is 5.92 Å². The number of nitrogens with zero attached hydrogens (tertiary/aromatic N) is 2. The van der Waals surface area contributed by atoms with Crippen LogP contribution in [0.4, 0.5) is 0 Å². The Morgan fingerprint density at radius 2 is 1.85 bits per heavy atom. The summed E-state index contributed by atoms with van der Waals surface area (Å²) in [6, 6.07) is 4.47. The number of halogens is 1. The molecule has 0 unspecified atom stereocenters. The number of benzene rings is 1. The molecule has 0 aromatic heterocycles. The molecule has 1 aromatic carbocycles. The van der Waals surface area contributed by atoms with Crippen molar-refractivity contribution in [3.05, 3.63) is 28.8 Å². The number of carbonyl (C=O) groups excluding carboxylic acids is 1. The number of hydrogen-bond donors (Lipinski definition) is 0. The average molecular weight is 401 g/mol. The van der Waals surface area contributed by atoms with E-state index in [1.165, 1.54) is 12.1 Å². The molecule has 0 radical (unpaired) electrons. The first-order valence-corrected chi connectivity index (χ1v) is 11.2. The number of rotatable bonds is 4. The van der Waals surface area contributed by atoms with Crippen LogP contribution >= 0.6 is 11.6 Å². The third kappa shape index (κ3) is 4.76. The lowest BCUT2D eigenvalue weighted by molar-refractivity contribution is 0.0243. The Bertz CT molecular complexity index is 754. The summed E-state index contributed by atoms with van der Waals surface area (Å²) < 4.78 is 29.0. The van der Waals surface area contributed by atoms with Crippen molar-refractivity contribution in [1.82, 2.24) is 9.80 Å². The first kappa shape index (κ1) is 19.6.